The van der Waals surface area contributed by atoms with Crippen molar-refractivity contribution in [3.8, 4) is 5.75 Å². The highest BCUT2D eigenvalue weighted by Gasteiger charge is 2.03. The van der Waals surface area contributed by atoms with E-state index in [1.807, 2.05) is 19.3 Å². The van der Waals surface area contributed by atoms with Gasteiger partial charge in [0, 0.05) is 19.8 Å². The number of nitrogens with one attached hydrogen (secondary N) is 1. The first-order valence-corrected chi connectivity index (χ1v) is 5.24. The van der Waals surface area contributed by atoms with Crippen LogP contribution in [0.4, 0.5) is 10.1 Å². The predicted molar refractivity (Wildman–Crippen MR) is 63.5 cm³/mol. The molecule has 1 N–H and O–H groups in total. The molecule has 0 saturated heterocycles. The van der Waals surface area contributed by atoms with Gasteiger partial charge < -0.3 is 10.1 Å². The number of halogens is 1. The number of nitrogens with zero attached hydrogens (tertiary/aromatic N) is 2. The highest BCUT2D eigenvalue weighted by Crippen LogP contribution is 2.18. The molecule has 0 aliphatic rings. The van der Waals surface area contributed by atoms with Crippen LogP contribution in [0.5, 0.6) is 5.75 Å². The Morgan fingerprint density at radius 1 is 1.47 bits per heavy atom. The van der Waals surface area contributed by atoms with E-state index in [4.69, 9.17) is 4.74 Å². The first kappa shape index (κ1) is 11.4. The molecule has 0 amide bonds. The fourth-order valence-electron chi connectivity index (χ4n) is 1.54. The second kappa shape index (κ2) is 4.86. The molecule has 0 radical (unpaired) electrons. The third kappa shape index (κ3) is 2.75. The molecular formula is C12H14FN3O. The fraction of sp³-hybridized carbons (Fsp3) is 0.250. The Morgan fingerprint density at radius 3 is 2.88 bits per heavy atom. The zero-order valence-corrected chi connectivity index (χ0v) is 9.77. The SMILES string of the molecule is COc1ccc(CNc2cnn(C)c2)cc1F. The number of rotatable bonds is 4. The lowest BCUT2D eigenvalue weighted by molar-refractivity contribution is 0.386. The van der Waals surface area contributed by atoms with E-state index in [0.29, 0.717) is 6.54 Å². The smallest absolute Gasteiger partial charge is 0.165 e. The standard InChI is InChI=1S/C12H14FN3O/c1-16-8-10(7-15-16)14-6-9-3-4-12(17-2)11(13)5-9/h3-5,7-8,14H,6H2,1-2H3. The minimum atomic E-state index is -0.349. The van der Waals surface area contributed by atoms with Crippen molar-refractivity contribution in [3.05, 3.63) is 42.0 Å². The molecule has 2 aromatic rings. The van der Waals surface area contributed by atoms with E-state index in [1.165, 1.54) is 13.2 Å². The summed E-state index contributed by atoms with van der Waals surface area (Å²) in [6.45, 7) is 0.548. The summed E-state index contributed by atoms with van der Waals surface area (Å²) in [5, 5.41) is 7.19. The van der Waals surface area contributed by atoms with Gasteiger partial charge in [-0.15, -0.1) is 0 Å². The zero-order chi connectivity index (χ0) is 12.3. The maximum atomic E-state index is 13.4. The van der Waals surface area contributed by atoms with Crippen LogP contribution in [0.1, 0.15) is 5.56 Å². The average molecular weight is 235 g/mol. The van der Waals surface area contributed by atoms with Crippen LogP contribution in [0, 0.1) is 5.82 Å². The number of benzene rings is 1. The van der Waals surface area contributed by atoms with E-state index in [2.05, 4.69) is 10.4 Å². The number of aromatic nitrogens is 2. The van der Waals surface area contributed by atoms with Crippen LogP contribution in [0.15, 0.2) is 30.6 Å². The minimum absolute atomic E-state index is 0.259. The van der Waals surface area contributed by atoms with Gasteiger partial charge in [0.05, 0.1) is 19.0 Å². The molecule has 0 saturated carbocycles. The van der Waals surface area contributed by atoms with Gasteiger partial charge >= 0.3 is 0 Å². The molecule has 0 aliphatic heterocycles. The van der Waals surface area contributed by atoms with Gasteiger partial charge in [0.25, 0.3) is 0 Å². The molecule has 0 spiro atoms. The molecule has 0 fully saturated rings. The Balaban J connectivity index is 2.02. The lowest BCUT2D eigenvalue weighted by Crippen LogP contribution is -1.99. The number of methoxy groups -OCH3 is 1. The van der Waals surface area contributed by atoms with Crippen LogP contribution in [0.25, 0.3) is 0 Å². The van der Waals surface area contributed by atoms with Crippen molar-refractivity contribution in [1.82, 2.24) is 9.78 Å². The molecule has 2 rings (SSSR count). The summed E-state index contributed by atoms with van der Waals surface area (Å²) in [5.41, 5.74) is 1.76. The van der Waals surface area contributed by atoms with Crippen LogP contribution in [-0.2, 0) is 13.6 Å². The normalized spacial score (nSPS) is 10.3. The molecular weight excluding hydrogens is 221 g/mol. The lowest BCUT2D eigenvalue weighted by Gasteiger charge is -2.06. The summed E-state index contributed by atoms with van der Waals surface area (Å²) in [6.07, 6.45) is 3.58. The number of aryl methyl sites for hydroxylation is 1. The Bertz CT molecular complexity index is 510. The quantitative estimate of drug-likeness (QED) is 0.882. The fourth-order valence-corrected chi connectivity index (χ4v) is 1.54. The summed E-state index contributed by atoms with van der Waals surface area (Å²) in [5.74, 6) is -0.0897. The van der Waals surface area contributed by atoms with E-state index in [9.17, 15) is 4.39 Å². The van der Waals surface area contributed by atoms with Crippen LogP contribution in [0.3, 0.4) is 0 Å². The minimum Gasteiger partial charge on any atom is -0.494 e. The van der Waals surface area contributed by atoms with Crippen molar-refractivity contribution in [2.45, 2.75) is 6.54 Å². The number of anilines is 1. The molecule has 1 aromatic heterocycles. The zero-order valence-electron chi connectivity index (χ0n) is 9.77. The summed E-state index contributed by atoms with van der Waals surface area (Å²) in [6, 6.07) is 4.91. The Labute approximate surface area is 99.0 Å². The van der Waals surface area contributed by atoms with Crippen molar-refractivity contribution in [3.63, 3.8) is 0 Å². The third-order valence-electron chi connectivity index (χ3n) is 2.42. The lowest BCUT2D eigenvalue weighted by atomic mass is 10.2. The molecule has 17 heavy (non-hydrogen) atoms. The second-order valence-corrected chi connectivity index (χ2v) is 3.73. The van der Waals surface area contributed by atoms with E-state index < -0.39 is 0 Å². The van der Waals surface area contributed by atoms with Crippen LogP contribution in [0.2, 0.25) is 0 Å². The number of hydrogen-bond acceptors (Lipinski definition) is 3. The van der Waals surface area contributed by atoms with Crippen molar-refractivity contribution >= 4 is 5.69 Å². The third-order valence-corrected chi connectivity index (χ3v) is 2.42. The maximum Gasteiger partial charge on any atom is 0.165 e. The van der Waals surface area contributed by atoms with Gasteiger partial charge in [0.15, 0.2) is 11.6 Å². The molecule has 0 bridgehead atoms. The number of ether oxygens (including phenoxy) is 1. The maximum absolute atomic E-state index is 13.4. The van der Waals surface area contributed by atoms with Crippen molar-refractivity contribution in [2.75, 3.05) is 12.4 Å². The largest absolute Gasteiger partial charge is 0.494 e. The molecule has 0 atom stereocenters. The Hall–Kier alpha value is -2.04. The van der Waals surface area contributed by atoms with Gasteiger partial charge in [0.2, 0.25) is 0 Å². The topological polar surface area (TPSA) is 39.1 Å². The second-order valence-electron chi connectivity index (χ2n) is 3.73. The first-order chi connectivity index (χ1) is 8.19. The predicted octanol–water partition coefficient (Wildman–Crippen LogP) is 2.18. The van der Waals surface area contributed by atoms with E-state index in [0.717, 1.165) is 11.3 Å². The summed E-state index contributed by atoms with van der Waals surface area (Å²) < 4.78 is 20.0. The van der Waals surface area contributed by atoms with Crippen molar-refractivity contribution in [2.24, 2.45) is 7.05 Å². The van der Waals surface area contributed by atoms with Crippen molar-refractivity contribution in [1.29, 1.82) is 0 Å². The highest BCUT2D eigenvalue weighted by molar-refractivity contribution is 5.40. The van der Waals surface area contributed by atoms with Gasteiger partial charge in [-0.05, 0) is 17.7 Å². The molecule has 5 heteroatoms. The average Bonchev–Trinajstić information content (AvgIpc) is 2.73. The van der Waals surface area contributed by atoms with Crippen LogP contribution < -0.4 is 10.1 Å². The highest BCUT2D eigenvalue weighted by atomic mass is 19.1. The van der Waals surface area contributed by atoms with Gasteiger partial charge in [-0.1, -0.05) is 6.07 Å². The van der Waals surface area contributed by atoms with E-state index in [1.54, 1.807) is 16.9 Å². The molecule has 1 heterocycles. The first-order valence-electron chi connectivity index (χ1n) is 5.24. The molecule has 0 aliphatic carbocycles. The summed E-state index contributed by atoms with van der Waals surface area (Å²) in [4.78, 5) is 0. The van der Waals surface area contributed by atoms with Gasteiger partial charge in [-0.25, -0.2) is 4.39 Å². The number of hydrogen-bond donors (Lipinski definition) is 1. The summed E-state index contributed by atoms with van der Waals surface area (Å²) >= 11 is 0. The van der Waals surface area contributed by atoms with Crippen LogP contribution >= 0.6 is 0 Å². The van der Waals surface area contributed by atoms with E-state index in [-0.39, 0.29) is 11.6 Å². The molecule has 4 nitrogen and oxygen atoms in total. The van der Waals surface area contributed by atoms with Crippen molar-refractivity contribution < 1.29 is 9.13 Å². The Morgan fingerprint density at radius 2 is 2.29 bits per heavy atom. The van der Waals surface area contributed by atoms with Gasteiger partial charge in [0.1, 0.15) is 0 Å². The molecule has 1 aromatic carbocycles. The monoisotopic (exact) mass is 235 g/mol. The van der Waals surface area contributed by atoms with E-state index >= 15 is 0 Å². The van der Waals surface area contributed by atoms with Crippen LogP contribution in [-0.4, -0.2) is 16.9 Å². The Kier molecular flexibility index (Phi) is 3.27. The molecule has 90 valence electrons. The summed E-state index contributed by atoms with van der Waals surface area (Å²) in [7, 11) is 3.30. The van der Waals surface area contributed by atoms with Gasteiger partial charge in [-0.2, -0.15) is 5.10 Å². The molecule has 0 unspecified atom stereocenters. The van der Waals surface area contributed by atoms with Gasteiger partial charge in [-0.3, -0.25) is 4.68 Å².